The number of nitrogens with one attached hydrogen (secondary N) is 2. The Bertz CT molecular complexity index is 419. The van der Waals surface area contributed by atoms with Gasteiger partial charge in [0.2, 0.25) is 5.91 Å². The van der Waals surface area contributed by atoms with Gasteiger partial charge in [0.15, 0.2) is 0 Å². The number of rotatable bonds is 5. The molecular formula is C15H23ClN2O2. The minimum absolute atomic E-state index is 0. The summed E-state index contributed by atoms with van der Waals surface area (Å²) in [6, 6.07) is 9.39. The summed E-state index contributed by atoms with van der Waals surface area (Å²) < 4.78 is 0. The highest BCUT2D eigenvalue weighted by atomic mass is 35.5. The van der Waals surface area contributed by atoms with Gasteiger partial charge in [0.1, 0.15) is 0 Å². The fraction of sp³-hybridized carbons (Fsp3) is 0.533. The van der Waals surface area contributed by atoms with Crippen LogP contribution in [0.4, 0.5) is 0 Å². The van der Waals surface area contributed by atoms with Gasteiger partial charge in [-0.15, -0.1) is 12.4 Å². The summed E-state index contributed by atoms with van der Waals surface area (Å²) in [4.78, 5) is 12.2. The number of halogens is 1. The van der Waals surface area contributed by atoms with Crippen LogP contribution in [0, 0.1) is 0 Å². The van der Waals surface area contributed by atoms with Crippen molar-refractivity contribution in [2.75, 3.05) is 13.1 Å². The van der Waals surface area contributed by atoms with Gasteiger partial charge >= 0.3 is 0 Å². The van der Waals surface area contributed by atoms with E-state index in [2.05, 4.69) is 10.6 Å². The van der Waals surface area contributed by atoms with E-state index in [-0.39, 0.29) is 24.9 Å². The van der Waals surface area contributed by atoms with E-state index in [1.54, 1.807) is 0 Å². The van der Waals surface area contributed by atoms with Crippen molar-refractivity contribution < 1.29 is 9.90 Å². The molecule has 20 heavy (non-hydrogen) atoms. The molecule has 2 rings (SSSR count). The van der Waals surface area contributed by atoms with Crippen molar-refractivity contribution >= 4 is 18.3 Å². The van der Waals surface area contributed by atoms with Gasteiger partial charge in [-0.2, -0.15) is 0 Å². The molecule has 1 aliphatic heterocycles. The lowest BCUT2D eigenvalue weighted by Crippen LogP contribution is -2.53. The predicted molar refractivity (Wildman–Crippen MR) is 81.9 cm³/mol. The third-order valence-corrected chi connectivity index (χ3v) is 3.92. The van der Waals surface area contributed by atoms with Gasteiger partial charge in [-0.25, -0.2) is 0 Å². The van der Waals surface area contributed by atoms with E-state index in [1.807, 2.05) is 37.3 Å². The van der Waals surface area contributed by atoms with E-state index in [9.17, 15) is 9.90 Å². The van der Waals surface area contributed by atoms with Crippen LogP contribution in [0.3, 0.4) is 0 Å². The molecule has 0 saturated carbocycles. The molecule has 3 N–H and O–H groups in total. The van der Waals surface area contributed by atoms with Crippen LogP contribution in [0.2, 0.25) is 0 Å². The molecule has 2 unspecified atom stereocenters. The first-order valence-corrected chi connectivity index (χ1v) is 6.94. The van der Waals surface area contributed by atoms with Crippen LogP contribution in [0.25, 0.3) is 0 Å². The molecule has 2 atom stereocenters. The molecule has 1 fully saturated rings. The maximum atomic E-state index is 12.2. The van der Waals surface area contributed by atoms with E-state index in [0.29, 0.717) is 0 Å². The Morgan fingerprint density at radius 3 is 2.70 bits per heavy atom. The molecule has 1 amide bonds. The average molecular weight is 299 g/mol. The standard InChI is InChI=1S/C15H22N2O2.ClH/c1-2-15(9-6-10-17-15)14(19)16-11-13(18)12-7-4-3-5-8-12;/h3-5,7-8,13,17-18H,2,6,9-11H2,1H3,(H,16,19);1H. The molecule has 0 spiro atoms. The van der Waals surface area contributed by atoms with Crippen LogP contribution in [0.15, 0.2) is 30.3 Å². The summed E-state index contributed by atoms with van der Waals surface area (Å²) in [6.45, 7) is 3.17. The number of amides is 1. The van der Waals surface area contributed by atoms with Crippen LogP contribution in [0.1, 0.15) is 37.9 Å². The first-order chi connectivity index (χ1) is 9.18. The fourth-order valence-corrected chi connectivity index (χ4v) is 2.61. The van der Waals surface area contributed by atoms with Crippen molar-refractivity contribution in [1.29, 1.82) is 0 Å². The number of carbonyl (C=O) groups is 1. The van der Waals surface area contributed by atoms with Gasteiger partial charge in [-0.05, 0) is 31.4 Å². The molecule has 5 heteroatoms. The molecule has 0 radical (unpaired) electrons. The van der Waals surface area contributed by atoms with Gasteiger partial charge in [0.05, 0.1) is 11.6 Å². The zero-order chi connectivity index (χ0) is 13.7. The van der Waals surface area contributed by atoms with Gasteiger partial charge in [0, 0.05) is 6.54 Å². The van der Waals surface area contributed by atoms with Crippen LogP contribution in [-0.4, -0.2) is 29.6 Å². The van der Waals surface area contributed by atoms with Crippen molar-refractivity contribution in [3.8, 4) is 0 Å². The SMILES string of the molecule is CCC1(C(=O)NCC(O)c2ccccc2)CCCN1.Cl. The van der Waals surface area contributed by atoms with Crippen LogP contribution in [-0.2, 0) is 4.79 Å². The predicted octanol–water partition coefficient (Wildman–Crippen LogP) is 1.79. The monoisotopic (exact) mass is 298 g/mol. The molecule has 1 heterocycles. The van der Waals surface area contributed by atoms with Crippen molar-refractivity contribution in [3.63, 3.8) is 0 Å². The summed E-state index contributed by atoms with van der Waals surface area (Å²) in [5.74, 6) is 0.00230. The first kappa shape index (κ1) is 17.0. The lowest BCUT2D eigenvalue weighted by atomic mass is 9.93. The van der Waals surface area contributed by atoms with Crippen LogP contribution in [0.5, 0.6) is 0 Å². The number of benzene rings is 1. The first-order valence-electron chi connectivity index (χ1n) is 6.94. The van der Waals surface area contributed by atoms with Gasteiger partial charge in [-0.1, -0.05) is 37.3 Å². The Balaban J connectivity index is 0.00000200. The van der Waals surface area contributed by atoms with E-state index in [0.717, 1.165) is 31.4 Å². The molecule has 0 aromatic heterocycles. The maximum Gasteiger partial charge on any atom is 0.240 e. The Morgan fingerprint density at radius 1 is 1.45 bits per heavy atom. The molecule has 112 valence electrons. The number of carbonyl (C=O) groups excluding carboxylic acids is 1. The second-order valence-corrected chi connectivity index (χ2v) is 5.10. The van der Waals surface area contributed by atoms with Crippen molar-refractivity contribution in [2.45, 2.75) is 37.8 Å². The van der Waals surface area contributed by atoms with Crippen LogP contribution < -0.4 is 10.6 Å². The Labute approximate surface area is 126 Å². The number of aliphatic hydroxyl groups is 1. The lowest BCUT2D eigenvalue weighted by molar-refractivity contribution is -0.127. The van der Waals surface area contributed by atoms with Crippen molar-refractivity contribution in [1.82, 2.24) is 10.6 Å². The second kappa shape index (κ2) is 7.62. The molecule has 0 aliphatic carbocycles. The lowest BCUT2D eigenvalue weighted by Gasteiger charge is -2.27. The summed E-state index contributed by atoms with van der Waals surface area (Å²) >= 11 is 0. The Kier molecular flexibility index (Phi) is 6.46. The molecular weight excluding hydrogens is 276 g/mol. The number of hydrogen-bond donors (Lipinski definition) is 3. The zero-order valence-corrected chi connectivity index (χ0v) is 12.6. The average Bonchev–Trinajstić information content (AvgIpc) is 2.95. The van der Waals surface area contributed by atoms with Gasteiger partial charge in [0.25, 0.3) is 0 Å². The van der Waals surface area contributed by atoms with E-state index < -0.39 is 11.6 Å². The van der Waals surface area contributed by atoms with E-state index >= 15 is 0 Å². The molecule has 1 aromatic rings. The third-order valence-electron chi connectivity index (χ3n) is 3.92. The van der Waals surface area contributed by atoms with Gasteiger partial charge < -0.3 is 15.7 Å². The van der Waals surface area contributed by atoms with E-state index in [4.69, 9.17) is 0 Å². The van der Waals surface area contributed by atoms with Crippen molar-refractivity contribution in [3.05, 3.63) is 35.9 Å². The summed E-state index contributed by atoms with van der Waals surface area (Å²) in [7, 11) is 0. The highest BCUT2D eigenvalue weighted by Gasteiger charge is 2.38. The topological polar surface area (TPSA) is 61.4 Å². The number of aliphatic hydroxyl groups excluding tert-OH is 1. The van der Waals surface area contributed by atoms with E-state index in [1.165, 1.54) is 0 Å². The number of hydrogen-bond acceptors (Lipinski definition) is 3. The maximum absolute atomic E-state index is 12.2. The minimum Gasteiger partial charge on any atom is -0.387 e. The normalized spacial score (nSPS) is 22.9. The van der Waals surface area contributed by atoms with Crippen molar-refractivity contribution in [2.24, 2.45) is 0 Å². The molecule has 1 aromatic carbocycles. The zero-order valence-electron chi connectivity index (χ0n) is 11.8. The smallest absolute Gasteiger partial charge is 0.240 e. The summed E-state index contributed by atoms with van der Waals surface area (Å²) in [5, 5.41) is 16.2. The second-order valence-electron chi connectivity index (χ2n) is 5.10. The Morgan fingerprint density at radius 2 is 2.15 bits per heavy atom. The largest absolute Gasteiger partial charge is 0.387 e. The quantitative estimate of drug-likeness (QED) is 0.777. The Hall–Kier alpha value is -1.10. The third kappa shape index (κ3) is 3.72. The highest BCUT2D eigenvalue weighted by molar-refractivity contribution is 5.86. The molecule has 0 bridgehead atoms. The fourth-order valence-electron chi connectivity index (χ4n) is 2.61. The van der Waals surface area contributed by atoms with Gasteiger partial charge in [-0.3, -0.25) is 4.79 Å². The minimum atomic E-state index is -0.652. The summed E-state index contributed by atoms with van der Waals surface area (Å²) in [6.07, 6.45) is 2.03. The molecule has 1 saturated heterocycles. The molecule has 1 aliphatic rings. The molecule has 4 nitrogen and oxygen atoms in total. The van der Waals surface area contributed by atoms with Crippen LogP contribution >= 0.6 is 12.4 Å². The summed E-state index contributed by atoms with van der Waals surface area (Å²) in [5.41, 5.74) is 0.392. The highest BCUT2D eigenvalue weighted by Crippen LogP contribution is 2.23.